The number of amides is 1. The average Bonchev–Trinajstić information content (AvgIpc) is 2.81. The Bertz CT molecular complexity index is 663. The number of carbonyl (C=O) groups is 1. The number of nitrogens with two attached hydrogens (primary N) is 1. The van der Waals surface area contributed by atoms with Gasteiger partial charge in [0.25, 0.3) is 5.91 Å². The van der Waals surface area contributed by atoms with Crippen molar-refractivity contribution in [2.45, 2.75) is 13.0 Å². The van der Waals surface area contributed by atoms with Crippen LogP contribution in [0.4, 0.5) is 5.69 Å². The highest BCUT2D eigenvalue weighted by Crippen LogP contribution is 2.13. The molecule has 0 aromatic heterocycles. The number of carbonyl (C=O) groups excluding carboxylic acids is 1. The summed E-state index contributed by atoms with van der Waals surface area (Å²) in [4.78, 5) is 16.9. The Hall–Kier alpha value is -2.04. The maximum atomic E-state index is 12.6. The molecule has 1 fully saturated rings. The molecule has 5 heteroatoms. The molecule has 1 aliphatic rings. The van der Waals surface area contributed by atoms with Gasteiger partial charge >= 0.3 is 0 Å². The van der Waals surface area contributed by atoms with E-state index in [1.54, 1.807) is 0 Å². The van der Waals surface area contributed by atoms with E-state index in [0.717, 1.165) is 50.4 Å². The van der Waals surface area contributed by atoms with Gasteiger partial charge in [0.15, 0.2) is 0 Å². The summed E-state index contributed by atoms with van der Waals surface area (Å²) < 4.78 is 0. The largest absolute Gasteiger partial charge is 0.399 e. The van der Waals surface area contributed by atoms with E-state index in [-0.39, 0.29) is 18.3 Å². The van der Waals surface area contributed by atoms with Gasteiger partial charge in [0.1, 0.15) is 0 Å². The van der Waals surface area contributed by atoms with Gasteiger partial charge in [-0.15, -0.1) is 12.4 Å². The zero-order chi connectivity index (χ0) is 16.1. The van der Waals surface area contributed by atoms with E-state index in [9.17, 15) is 4.79 Å². The zero-order valence-electron chi connectivity index (χ0n) is 13.7. The van der Waals surface area contributed by atoms with Crippen LogP contribution >= 0.6 is 12.4 Å². The van der Waals surface area contributed by atoms with Crippen LogP contribution in [0.15, 0.2) is 54.6 Å². The van der Waals surface area contributed by atoms with Crippen LogP contribution in [0.2, 0.25) is 0 Å². The standard InChI is InChI=1S/C19H23N3O.ClH/c20-18-9-4-6-16(14-18)15-21-10-5-11-22(13-12-21)19(23)17-7-2-1-3-8-17;/h1-4,6-9,14H,5,10-13,15,20H2;1H. The van der Waals surface area contributed by atoms with E-state index in [4.69, 9.17) is 5.73 Å². The fourth-order valence-electron chi connectivity index (χ4n) is 3.05. The number of halogens is 1. The number of hydrogen-bond acceptors (Lipinski definition) is 3. The fourth-order valence-corrected chi connectivity index (χ4v) is 3.05. The number of nitrogens with zero attached hydrogens (tertiary/aromatic N) is 2. The van der Waals surface area contributed by atoms with Crippen molar-refractivity contribution < 1.29 is 4.79 Å². The first-order valence-corrected chi connectivity index (χ1v) is 8.13. The van der Waals surface area contributed by atoms with Crippen molar-refractivity contribution in [2.24, 2.45) is 0 Å². The molecule has 0 spiro atoms. The summed E-state index contributed by atoms with van der Waals surface area (Å²) in [6.07, 6.45) is 1.00. The summed E-state index contributed by atoms with van der Waals surface area (Å²) in [5.74, 6) is 0.136. The van der Waals surface area contributed by atoms with Crippen molar-refractivity contribution in [3.8, 4) is 0 Å². The lowest BCUT2D eigenvalue weighted by Crippen LogP contribution is -2.35. The predicted octanol–water partition coefficient (Wildman–Crippen LogP) is 3.04. The number of nitrogen functional groups attached to an aromatic ring is 1. The van der Waals surface area contributed by atoms with Crippen molar-refractivity contribution in [3.05, 3.63) is 65.7 Å². The molecule has 3 rings (SSSR count). The van der Waals surface area contributed by atoms with E-state index < -0.39 is 0 Å². The first-order chi connectivity index (χ1) is 11.2. The molecule has 2 N–H and O–H groups in total. The highest BCUT2D eigenvalue weighted by atomic mass is 35.5. The number of hydrogen-bond donors (Lipinski definition) is 1. The van der Waals surface area contributed by atoms with Gasteiger partial charge in [-0.2, -0.15) is 0 Å². The molecule has 0 radical (unpaired) electrons. The Balaban J connectivity index is 0.00000208. The van der Waals surface area contributed by atoms with Gasteiger partial charge in [-0.1, -0.05) is 30.3 Å². The normalized spacial score (nSPS) is 15.4. The van der Waals surface area contributed by atoms with Crippen LogP contribution in [0.3, 0.4) is 0 Å². The molecule has 2 aromatic rings. The highest BCUT2D eigenvalue weighted by molar-refractivity contribution is 5.94. The van der Waals surface area contributed by atoms with E-state index in [1.165, 1.54) is 5.56 Å². The molecule has 0 aliphatic carbocycles. The molecule has 0 bridgehead atoms. The topological polar surface area (TPSA) is 49.6 Å². The van der Waals surface area contributed by atoms with Gasteiger partial charge in [0.05, 0.1) is 0 Å². The van der Waals surface area contributed by atoms with E-state index in [1.807, 2.05) is 53.4 Å². The van der Waals surface area contributed by atoms with Crippen molar-refractivity contribution in [1.29, 1.82) is 0 Å². The Labute approximate surface area is 149 Å². The fraction of sp³-hybridized carbons (Fsp3) is 0.316. The summed E-state index contributed by atoms with van der Waals surface area (Å²) >= 11 is 0. The average molecular weight is 346 g/mol. The number of benzene rings is 2. The quantitative estimate of drug-likeness (QED) is 0.870. The minimum atomic E-state index is 0. The molecule has 0 atom stereocenters. The molecule has 1 aliphatic heterocycles. The minimum absolute atomic E-state index is 0. The summed E-state index contributed by atoms with van der Waals surface area (Å²) in [5, 5.41) is 0. The third-order valence-corrected chi connectivity index (χ3v) is 4.25. The van der Waals surface area contributed by atoms with Crippen LogP contribution in [0, 0.1) is 0 Å². The monoisotopic (exact) mass is 345 g/mol. The lowest BCUT2D eigenvalue weighted by Gasteiger charge is -2.22. The Morgan fingerprint density at radius 2 is 1.75 bits per heavy atom. The first kappa shape index (κ1) is 18.3. The molecule has 1 heterocycles. The van der Waals surface area contributed by atoms with E-state index >= 15 is 0 Å². The molecule has 2 aromatic carbocycles. The lowest BCUT2D eigenvalue weighted by atomic mass is 10.2. The van der Waals surface area contributed by atoms with Crippen molar-refractivity contribution >= 4 is 24.0 Å². The second-order valence-corrected chi connectivity index (χ2v) is 6.03. The molecule has 0 saturated carbocycles. The van der Waals surface area contributed by atoms with Crippen LogP contribution in [-0.4, -0.2) is 41.9 Å². The number of anilines is 1. The van der Waals surface area contributed by atoms with Crippen molar-refractivity contribution in [3.63, 3.8) is 0 Å². The van der Waals surface area contributed by atoms with Gasteiger partial charge in [-0.25, -0.2) is 0 Å². The Morgan fingerprint density at radius 3 is 2.50 bits per heavy atom. The maximum absolute atomic E-state index is 12.6. The maximum Gasteiger partial charge on any atom is 0.253 e. The van der Waals surface area contributed by atoms with E-state index in [2.05, 4.69) is 11.0 Å². The van der Waals surface area contributed by atoms with Gasteiger partial charge in [0, 0.05) is 44.0 Å². The highest BCUT2D eigenvalue weighted by Gasteiger charge is 2.20. The lowest BCUT2D eigenvalue weighted by molar-refractivity contribution is 0.0761. The first-order valence-electron chi connectivity index (χ1n) is 8.13. The van der Waals surface area contributed by atoms with Gasteiger partial charge in [0.2, 0.25) is 0 Å². The van der Waals surface area contributed by atoms with Crippen LogP contribution in [0.1, 0.15) is 22.3 Å². The van der Waals surface area contributed by atoms with E-state index in [0.29, 0.717) is 0 Å². The van der Waals surface area contributed by atoms with Crippen LogP contribution in [-0.2, 0) is 6.54 Å². The summed E-state index contributed by atoms with van der Waals surface area (Å²) in [6, 6.07) is 17.6. The third kappa shape index (κ3) is 4.73. The van der Waals surface area contributed by atoms with Crippen LogP contribution in [0.5, 0.6) is 0 Å². The summed E-state index contributed by atoms with van der Waals surface area (Å²) in [5.41, 5.74) is 8.66. The summed E-state index contributed by atoms with van der Waals surface area (Å²) in [6.45, 7) is 4.39. The van der Waals surface area contributed by atoms with Crippen molar-refractivity contribution in [1.82, 2.24) is 9.80 Å². The Kier molecular flexibility index (Phi) is 6.64. The van der Waals surface area contributed by atoms with Gasteiger partial charge < -0.3 is 10.6 Å². The predicted molar refractivity (Wildman–Crippen MR) is 100 cm³/mol. The van der Waals surface area contributed by atoms with Crippen LogP contribution in [0.25, 0.3) is 0 Å². The molecular weight excluding hydrogens is 322 g/mol. The second kappa shape index (κ2) is 8.71. The third-order valence-electron chi connectivity index (χ3n) is 4.25. The molecule has 24 heavy (non-hydrogen) atoms. The SMILES string of the molecule is Cl.Nc1cccc(CN2CCCN(C(=O)c3ccccc3)CC2)c1. The molecule has 128 valence electrons. The molecular formula is C19H24ClN3O. The molecule has 4 nitrogen and oxygen atoms in total. The minimum Gasteiger partial charge on any atom is -0.399 e. The van der Waals surface area contributed by atoms with Crippen LogP contribution < -0.4 is 5.73 Å². The smallest absolute Gasteiger partial charge is 0.253 e. The van der Waals surface area contributed by atoms with Gasteiger partial charge in [-0.05, 0) is 36.2 Å². The molecule has 1 amide bonds. The zero-order valence-corrected chi connectivity index (χ0v) is 14.5. The number of rotatable bonds is 3. The van der Waals surface area contributed by atoms with Crippen molar-refractivity contribution in [2.75, 3.05) is 31.9 Å². The van der Waals surface area contributed by atoms with Gasteiger partial charge in [-0.3, -0.25) is 9.69 Å². The Morgan fingerprint density at radius 1 is 0.958 bits per heavy atom. The summed E-state index contributed by atoms with van der Waals surface area (Å²) in [7, 11) is 0. The molecule has 1 saturated heterocycles. The molecule has 0 unspecified atom stereocenters. The second-order valence-electron chi connectivity index (χ2n) is 6.03.